The Hall–Kier alpha value is -0.820. The molecule has 1 saturated carbocycles. The smallest absolute Gasteiger partial charge is 0.194 e. The molecule has 1 aliphatic heterocycles. The first kappa shape index (κ1) is 17.5. The molecule has 0 spiro atoms. The molecule has 0 bridgehead atoms. The largest absolute Gasteiger partial charge is 0.357 e. The van der Waals surface area contributed by atoms with Crippen LogP contribution in [0, 0.1) is 0 Å². The summed E-state index contributed by atoms with van der Waals surface area (Å²) in [6.07, 6.45) is 2.61. The lowest BCUT2D eigenvalue weighted by Gasteiger charge is -2.39. The Bertz CT molecular complexity index is 512. The summed E-state index contributed by atoms with van der Waals surface area (Å²) < 4.78 is 23.5. The van der Waals surface area contributed by atoms with Gasteiger partial charge in [0.1, 0.15) is 0 Å². The predicted molar refractivity (Wildman–Crippen MR) is 91.1 cm³/mol. The topological polar surface area (TPSA) is 65.0 Å². The molecule has 22 heavy (non-hydrogen) atoms. The fourth-order valence-corrected chi connectivity index (χ4v) is 4.13. The molecule has 0 unspecified atom stereocenters. The van der Waals surface area contributed by atoms with Crippen molar-refractivity contribution in [3.8, 4) is 0 Å². The van der Waals surface area contributed by atoms with E-state index in [0.717, 1.165) is 31.6 Å². The number of hydrogen-bond donors (Lipinski definition) is 1. The molecule has 1 N–H and O–H groups in total. The number of nitrogens with zero attached hydrogens (tertiary/aromatic N) is 3. The summed E-state index contributed by atoms with van der Waals surface area (Å²) in [5, 5.41) is 3.30. The fourth-order valence-electron chi connectivity index (χ4n) is 2.76. The van der Waals surface area contributed by atoms with E-state index >= 15 is 0 Å². The molecule has 1 heterocycles. The number of nitrogens with one attached hydrogen (secondary N) is 1. The SMILES string of the molecule is CCNC(=NCCN(C)C1CC1)N1CCS(=O)(=O)C(C)(C)C1. The number of hydrogen-bond acceptors (Lipinski definition) is 4. The van der Waals surface area contributed by atoms with Gasteiger partial charge < -0.3 is 15.1 Å². The van der Waals surface area contributed by atoms with E-state index in [1.807, 2.05) is 6.92 Å². The molecule has 0 radical (unpaired) electrons. The third kappa shape index (κ3) is 4.13. The number of likely N-dealkylation sites (N-methyl/N-ethyl adjacent to an activating group) is 1. The van der Waals surface area contributed by atoms with Crippen molar-refractivity contribution in [1.29, 1.82) is 0 Å². The highest BCUT2D eigenvalue weighted by Crippen LogP contribution is 2.25. The standard InChI is InChI=1S/C15H30N4O2S/c1-5-16-14(17-8-9-18(4)13-6-7-13)19-10-11-22(20,21)15(2,3)12-19/h13H,5-12H2,1-4H3,(H,16,17). The van der Waals surface area contributed by atoms with Crippen molar-refractivity contribution < 1.29 is 8.42 Å². The van der Waals surface area contributed by atoms with E-state index in [1.165, 1.54) is 12.8 Å². The van der Waals surface area contributed by atoms with Crippen LogP contribution >= 0.6 is 0 Å². The summed E-state index contributed by atoms with van der Waals surface area (Å²) in [6.45, 7) is 9.17. The van der Waals surface area contributed by atoms with Gasteiger partial charge in [-0.05, 0) is 40.7 Å². The van der Waals surface area contributed by atoms with Crippen LogP contribution in [-0.2, 0) is 9.84 Å². The van der Waals surface area contributed by atoms with Gasteiger partial charge in [-0.3, -0.25) is 4.99 Å². The Labute approximate surface area is 134 Å². The van der Waals surface area contributed by atoms with Crippen LogP contribution < -0.4 is 5.32 Å². The molecular weight excluding hydrogens is 300 g/mol. The van der Waals surface area contributed by atoms with Crippen molar-refractivity contribution in [3.63, 3.8) is 0 Å². The van der Waals surface area contributed by atoms with Crippen LogP contribution in [0.3, 0.4) is 0 Å². The normalized spacial score (nSPS) is 24.6. The van der Waals surface area contributed by atoms with Gasteiger partial charge in [0.15, 0.2) is 15.8 Å². The lowest BCUT2D eigenvalue weighted by molar-refractivity contribution is 0.329. The van der Waals surface area contributed by atoms with Crippen molar-refractivity contribution >= 4 is 15.8 Å². The molecule has 128 valence electrons. The molecule has 2 fully saturated rings. The molecule has 1 saturated heterocycles. The monoisotopic (exact) mass is 330 g/mol. The average molecular weight is 330 g/mol. The zero-order chi connectivity index (χ0) is 16.4. The van der Waals surface area contributed by atoms with Gasteiger partial charge in [-0.1, -0.05) is 0 Å². The lowest BCUT2D eigenvalue weighted by atomic mass is 10.2. The highest BCUT2D eigenvalue weighted by Gasteiger charge is 2.40. The van der Waals surface area contributed by atoms with E-state index in [2.05, 4.69) is 22.2 Å². The second-order valence-corrected chi connectivity index (χ2v) is 9.69. The van der Waals surface area contributed by atoms with E-state index in [-0.39, 0.29) is 5.75 Å². The maximum absolute atomic E-state index is 12.1. The van der Waals surface area contributed by atoms with Gasteiger partial charge in [0, 0.05) is 32.2 Å². The number of rotatable bonds is 5. The van der Waals surface area contributed by atoms with Gasteiger partial charge in [-0.15, -0.1) is 0 Å². The first-order valence-corrected chi connectivity index (χ1v) is 9.88. The van der Waals surface area contributed by atoms with Crippen LogP contribution in [0.4, 0.5) is 0 Å². The van der Waals surface area contributed by atoms with E-state index in [9.17, 15) is 8.42 Å². The molecule has 0 aromatic carbocycles. The van der Waals surface area contributed by atoms with Crippen molar-refractivity contribution in [2.24, 2.45) is 4.99 Å². The Morgan fingerprint density at radius 3 is 2.64 bits per heavy atom. The molecular formula is C15H30N4O2S. The summed E-state index contributed by atoms with van der Waals surface area (Å²) in [5.74, 6) is 1.04. The number of aliphatic imine (C=N–C) groups is 1. The molecule has 2 rings (SSSR count). The van der Waals surface area contributed by atoms with Crippen LogP contribution in [-0.4, -0.2) is 80.5 Å². The molecule has 0 aromatic rings. The second kappa shape index (κ2) is 6.74. The Kier molecular flexibility index (Phi) is 5.37. The van der Waals surface area contributed by atoms with Gasteiger partial charge in [-0.2, -0.15) is 0 Å². The summed E-state index contributed by atoms with van der Waals surface area (Å²) >= 11 is 0. The first-order chi connectivity index (χ1) is 10.3. The quantitative estimate of drug-likeness (QED) is 0.589. The van der Waals surface area contributed by atoms with Crippen LogP contribution in [0.25, 0.3) is 0 Å². The zero-order valence-electron chi connectivity index (χ0n) is 14.3. The summed E-state index contributed by atoms with van der Waals surface area (Å²) in [6, 6.07) is 0.747. The zero-order valence-corrected chi connectivity index (χ0v) is 15.1. The van der Waals surface area contributed by atoms with Crippen LogP contribution in [0.1, 0.15) is 33.6 Å². The third-order valence-electron chi connectivity index (χ3n) is 4.56. The molecule has 2 aliphatic rings. The predicted octanol–water partition coefficient (Wildman–Crippen LogP) is 0.555. The van der Waals surface area contributed by atoms with E-state index in [0.29, 0.717) is 13.1 Å². The third-order valence-corrected chi connectivity index (χ3v) is 7.10. The summed E-state index contributed by atoms with van der Waals surface area (Å²) in [4.78, 5) is 9.14. The van der Waals surface area contributed by atoms with Gasteiger partial charge in [0.05, 0.1) is 17.0 Å². The molecule has 0 amide bonds. The summed E-state index contributed by atoms with van der Waals surface area (Å²) in [7, 11) is -0.862. The van der Waals surface area contributed by atoms with Crippen molar-refractivity contribution in [1.82, 2.24) is 15.1 Å². The fraction of sp³-hybridized carbons (Fsp3) is 0.933. The van der Waals surface area contributed by atoms with Gasteiger partial charge in [0.2, 0.25) is 0 Å². The molecule has 7 heteroatoms. The highest BCUT2D eigenvalue weighted by atomic mass is 32.2. The van der Waals surface area contributed by atoms with Crippen molar-refractivity contribution in [2.45, 2.75) is 44.4 Å². The van der Waals surface area contributed by atoms with E-state index in [4.69, 9.17) is 4.99 Å². The Morgan fingerprint density at radius 2 is 2.09 bits per heavy atom. The van der Waals surface area contributed by atoms with E-state index < -0.39 is 14.6 Å². The van der Waals surface area contributed by atoms with Crippen molar-refractivity contribution in [2.75, 3.05) is 45.5 Å². The minimum absolute atomic E-state index is 0.201. The average Bonchev–Trinajstić information content (AvgIpc) is 3.25. The van der Waals surface area contributed by atoms with Gasteiger partial charge in [0.25, 0.3) is 0 Å². The van der Waals surface area contributed by atoms with Crippen LogP contribution in [0.2, 0.25) is 0 Å². The second-order valence-electron chi connectivity index (χ2n) is 6.95. The molecule has 0 atom stereocenters. The first-order valence-electron chi connectivity index (χ1n) is 8.22. The maximum Gasteiger partial charge on any atom is 0.194 e. The van der Waals surface area contributed by atoms with Gasteiger partial charge >= 0.3 is 0 Å². The Balaban J connectivity index is 1.97. The molecule has 6 nitrogen and oxygen atoms in total. The summed E-state index contributed by atoms with van der Waals surface area (Å²) in [5.41, 5.74) is 0. The Morgan fingerprint density at radius 1 is 1.41 bits per heavy atom. The van der Waals surface area contributed by atoms with Crippen molar-refractivity contribution in [3.05, 3.63) is 0 Å². The minimum atomic E-state index is -3.01. The molecule has 1 aliphatic carbocycles. The minimum Gasteiger partial charge on any atom is -0.357 e. The maximum atomic E-state index is 12.1. The lowest BCUT2D eigenvalue weighted by Crippen LogP contribution is -2.57. The van der Waals surface area contributed by atoms with Crippen LogP contribution in [0.5, 0.6) is 0 Å². The van der Waals surface area contributed by atoms with Crippen LogP contribution in [0.15, 0.2) is 4.99 Å². The highest BCUT2D eigenvalue weighted by molar-refractivity contribution is 7.92. The van der Waals surface area contributed by atoms with Gasteiger partial charge in [-0.25, -0.2) is 8.42 Å². The molecule has 0 aromatic heterocycles. The number of guanidine groups is 1. The number of sulfone groups is 1. The van der Waals surface area contributed by atoms with E-state index in [1.54, 1.807) is 13.8 Å².